The van der Waals surface area contributed by atoms with Crippen LogP contribution >= 0.6 is 11.6 Å². The Morgan fingerprint density at radius 2 is 1.86 bits per heavy atom. The first-order chi connectivity index (χ1) is 9.58. The van der Waals surface area contributed by atoms with Gasteiger partial charge in [-0.1, -0.05) is 11.6 Å². The van der Waals surface area contributed by atoms with Crippen LogP contribution in [0.1, 0.15) is 34.6 Å². The van der Waals surface area contributed by atoms with Gasteiger partial charge in [0.15, 0.2) is 0 Å². The fourth-order valence-electron chi connectivity index (χ4n) is 1.69. The maximum atomic E-state index is 12.0. The predicted molar refractivity (Wildman–Crippen MR) is 86.7 cm³/mol. The van der Waals surface area contributed by atoms with Crippen LogP contribution in [-0.2, 0) is 9.59 Å². The number of anilines is 2. The summed E-state index contributed by atoms with van der Waals surface area (Å²) in [7, 11) is 0. The van der Waals surface area contributed by atoms with Crippen LogP contribution in [0.4, 0.5) is 11.4 Å². The lowest BCUT2D eigenvalue weighted by Crippen LogP contribution is -2.47. The van der Waals surface area contributed by atoms with Crippen molar-refractivity contribution in [2.75, 3.05) is 10.6 Å². The highest BCUT2D eigenvalue weighted by Crippen LogP contribution is 2.25. The number of amides is 2. The average Bonchev–Trinajstić information content (AvgIpc) is 2.30. The highest BCUT2D eigenvalue weighted by molar-refractivity contribution is 6.34. The summed E-state index contributed by atoms with van der Waals surface area (Å²) in [4.78, 5) is 23.0. The Hall–Kier alpha value is -1.75. The van der Waals surface area contributed by atoms with Crippen LogP contribution in [0.5, 0.6) is 0 Å². The second kappa shape index (κ2) is 6.80. The normalized spacial score (nSPS) is 12.5. The molecule has 0 bridgehead atoms. The fraction of sp³-hybridized carbons (Fsp3) is 0.467. The molecule has 1 aromatic carbocycles. The predicted octanol–water partition coefficient (Wildman–Crippen LogP) is 3.01. The molecule has 0 heterocycles. The topological polar surface area (TPSA) is 70.2 Å². The van der Waals surface area contributed by atoms with E-state index in [-0.39, 0.29) is 17.4 Å². The number of hydrogen-bond acceptors (Lipinski definition) is 3. The van der Waals surface area contributed by atoms with Crippen molar-refractivity contribution in [3.05, 3.63) is 23.2 Å². The number of hydrogen-bond donors (Lipinski definition) is 3. The van der Waals surface area contributed by atoms with E-state index in [9.17, 15) is 9.59 Å². The third-order valence-electron chi connectivity index (χ3n) is 2.55. The molecule has 1 rings (SSSR count). The van der Waals surface area contributed by atoms with Gasteiger partial charge in [0.1, 0.15) is 6.04 Å². The van der Waals surface area contributed by atoms with Gasteiger partial charge < -0.3 is 16.0 Å². The molecular weight excluding hydrogens is 290 g/mol. The summed E-state index contributed by atoms with van der Waals surface area (Å²) in [6, 6.07) is 4.73. The van der Waals surface area contributed by atoms with E-state index in [4.69, 9.17) is 11.6 Å². The third-order valence-corrected chi connectivity index (χ3v) is 2.87. The molecule has 0 fully saturated rings. The van der Waals surface area contributed by atoms with Crippen LogP contribution in [0.3, 0.4) is 0 Å². The van der Waals surface area contributed by atoms with E-state index in [1.807, 2.05) is 20.8 Å². The molecule has 2 amide bonds. The quantitative estimate of drug-likeness (QED) is 0.800. The lowest BCUT2D eigenvalue weighted by molar-refractivity contribution is -0.123. The maximum Gasteiger partial charge on any atom is 0.242 e. The lowest BCUT2D eigenvalue weighted by Gasteiger charge is -2.24. The van der Waals surface area contributed by atoms with Gasteiger partial charge in [0, 0.05) is 18.2 Å². The molecule has 0 saturated carbocycles. The van der Waals surface area contributed by atoms with E-state index in [0.717, 1.165) is 0 Å². The first kappa shape index (κ1) is 17.3. The zero-order valence-corrected chi connectivity index (χ0v) is 13.8. The molecule has 0 saturated heterocycles. The summed E-state index contributed by atoms with van der Waals surface area (Å²) < 4.78 is 0. The van der Waals surface area contributed by atoms with Crippen molar-refractivity contribution in [2.45, 2.75) is 46.2 Å². The maximum absolute atomic E-state index is 12.0. The number of nitrogens with one attached hydrogen (secondary N) is 3. The SMILES string of the molecule is CC(=O)Nc1ccc(NC(C)C(=O)NC(C)(C)C)cc1Cl. The average molecular weight is 312 g/mol. The van der Waals surface area contributed by atoms with Gasteiger partial charge in [0.2, 0.25) is 11.8 Å². The van der Waals surface area contributed by atoms with Gasteiger partial charge in [-0.2, -0.15) is 0 Å². The summed E-state index contributed by atoms with van der Waals surface area (Å²) >= 11 is 6.09. The summed E-state index contributed by atoms with van der Waals surface area (Å²) in [5.41, 5.74) is 0.979. The van der Waals surface area contributed by atoms with Gasteiger partial charge in [-0.05, 0) is 45.9 Å². The zero-order chi connectivity index (χ0) is 16.2. The van der Waals surface area contributed by atoms with Crippen LogP contribution < -0.4 is 16.0 Å². The van der Waals surface area contributed by atoms with Crippen molar-refractivity contribution < 1.29 is 9.59 Å². The van der Waals surface area contributed by atoms with Crippen molar-refractivity contribution >= 4 is 34.8 Å². The molecular formula is C15H22ClN3O2. The molecule has 0 radical (unpaired) electrons. The number of carbonyl (C=O) groups is 2. The summed E-state index contributed by atoms with van der Waals surface area (Å²) in [6.07, 6.45) is 0. The molecule has 0 aliphatic rings. The molecule has 0 aliphatic heterocycles. The second-order valence-corrected chi connectivity index (χ2v) is 6.39. The smallest absolute Gasteiger partial charge is 0.242 e. The molecule has 3 N–H and O–H groups in total. The largest absolute Gasteiger partial charge is 0.374 e. The van der Waals surface area contributed by atoms with E-state index < -0.39 is 6.04 Å². The minimum Gasteiger partial charge on any atom is -0.374 e. The Morgan fingerprint density at radius 3 is 2.33 bits per heavy atom. The molecule has 0 aliphatic carbocycles. The first-order valence-corrected chi connectivity index (χ1v) is 7.12. The summed E-state index contributed by atoms with van der Waals surface area (Å²) in [6.45, 7) is 8.97. The molecule has 21 heavy (non-hydrogen) atoms. The first-order valence-electron chi connectivity index (χ1n) is 6.74. The molecule has 0 aromatic heterocycles. The van der Waals surface area contributed by atoms with E-state index in [1.165, 1.54) is 6.92 Å². The van der Waals surface area contributed by atoms with Gasteiger partial charge >= 0.3 is 0 Å². The summed E-state index contributed by atoms with van der Waals surface area (Å²) in [5, 5.41) is 9.02. The van der Waals surface area contributed by atoms with Crippen molar-refractivity contribution in [3.63, 3.8) is 0 Å². The van der Waals surface area contributed by atoms with E-state index in [1.54, 1.807) is 25.1 Å². The minimum atomic E-state index is -0.396. The molecule has 1 atom stereocenters. The molecule has 0 spiro atoms. The number of benzene rings is 1. The fourth-order valence-corrected chi connectivity index (χ4v) is 1.92. The Labute approximate surface area is 130 Å². The highest BCUT2D eigenvalue weighted by Gasteiger charge is 2.19. The second-order valence-electron chi connectivity index (χ2n) is 5.98. The van der Waals surface area contributed by atoms with Crippen LogP contribution in [0.15, 0.2) is 18.2 Å². The summed E-state index contributed by atoms with van der Waals surface area (Å²) in [5.74, 6) is -0.278. The van der Waals surface area contributed by atoms with Crippen LogP contribution in [0, 0.1) is 0 Å². The number of rotatable bonds is 4. The van der Waals surface area contributed by atoms with Gasteiger partial charge in [-0.15, -0.1) is 0 Å². The van der Waals surface area contributed by atoms with Crippen molar-refractivity contribution in [3.8, 4) is 0 Å². The molecule has 116 valence electrons. The number of carbonyl (C=O) groups excluding carboxylic acids is 2. The Bertz CT molecular complexity index is 538. The van der Waals surface area contributed by atoms with Crippen molar-refractivity contribution in [2.24, 2.45) is 0 Å². The molecule has 5 nitrogen and oxygen atoms in total. The van der Waals surface area contributed by atoms with Crippen LogP contribution in [0.2, 0.25) is 5.02 Å². The molecule has 1 unspecified atom stereocenters. The monoisotopic (exact) mass is 311 g/mol. The van der Waals surface area contributed by atoms with Crippen LogP contribution in [0.25, 0.3) is 0 Å². The lowest BCUT2D eigenvalue weighted by atomic mass is 10.1. The van der Waals surface area contributed by atoms with E-state index in [0.29, 0.717) is 16.4 Å². The Kier molecular flexibility index (Phi) is 5.61. The Morgan fingerprint density at radius 1 is 1.24 bits per heavy atom. The van der Waals surface area contributed by atoms with E-state index >= 15 is 0 Å². The molecule has 6 heteroatoms. The van der Waals surface area contributed by atoms with Gasteiger partial charge in [0.25, 0.3) is 0 Å². The highest BCUT2D eigenvalue weighted by atomic mass is 35.5. The zero-order valence-electron chi connectivity index (χ0n) is 13.0. The minimum absolute atomic E-state index is 0.0930. The standard InChI is InChI=1S/C15H22ClN3O2/c1-9(14(21)19-15(3,4)5)17-11-6-7-13(12(16)8-11)18-10(2)20/h6-9,17H,1-5H3,(H,18,20)(H,19,21). The van der Waals surface area contributed by atoms with Gasteiger partial charge in [-0.25, -0.2) is 0 Å². The Balaban J connectivity index is 2.73. The van der Waals surface area contributed by atoms with Crippen molar-refractivity contribution in [1.29, 1.82) is 0 Å². The van der Waals surface area contributed by atoms with E-state index in [2.05, 4.69) is 16.0 Å². The van der Waals surface area contributed by atoms with Crippen LogP contribution in [-0.4, -0.2) is 23.4 Å². The number of halogens is 1. The van der Waals surface area contributed by atoms with Gasteiger partial charge in [-0.3, -0.25) is 9.59 Å². The third kappa shape index (κ3) is 6.04. The molecule has 1 aromatic rings. The van der Waals surface area contributed by atoms with Crippen molar-refractivity contribution in [1.82, 2.24) is 5.32 Å². The van der Waals surface area contributed by atoms with Gasteiger partial charge in [0.05, 0.1) is 10.7 Å².